The summed E-state index contributed by atoms with van der Waals surface area (Å²) in [6, 6.07) is 17.2. The van der Waals surface area contributed by atoms with E-state index >= 15 is 28.8 Å². The van der Waals surface area contributed by atoms with Crippen LogP contribution in [0, 0.1) is 5.92 Å². The molecular formula is C88H111N19O19S. The van der Waals surface area contributed by atoms with Gasteiger partial charge in [-0.15, -0.1) is 11.8 Å². The van der Waals surface area contributed by atoms with E-state index in [4.69, 9.17) is 16.2 Å². The number of aliphatic hydroxyl groups is 1. The summed E-state index contributed by atoms with van der Waals surface area (Å²) in [7, 11) is 1.34. The van der Waals surface area contributed by atoms with Gasteiger partial charge in [0.15, 0.2) is 0 Å². The van der Waals surface area contributed by atoms with Crippen LogP contribution in [0.2, 0.25) is 0 Å². The number of fused-ring (bicyclic) bond motifs is 3. The van der Waals surface area contributed by atoms with Gasteiger partial charge in [-0.05, 0) is 118 Å². The van der Waals surface area contributed by atoms with Crippen molar-refractivity contribution in [2.24, 2.45) is 17.4 Å². The highest BCUT2D eigenvalue weighted by Crippen LogP contribution is 2.34. The lowest BCUT2D eigenvalue weighted by Gasteiger charge is -2.36. The molecule has 8 aromatic rings. The minimum atomic E-state index is -1.86. The number of primary amides is 1. The Balaban J connectivity index is 1.00. The first kappa shape index (κ1) is 97.3. The number of phenols is 1. The van der Waals surface area contributed by atoms with Crippen molar-refractivity contribution in [1.29, 1.82) is 0 Å². The number of carbonyl (C=O) groups is 15. The van der Waals surface area contributed by atoms with E-state index in [1.54, 1.807) is 137 Å². The Morgan fingerprint density at radius 2 is 1.18 bits per heavy atom. The van der Waals surface area contributed by atoms with E-state index < -0.39 is 191 Å². The lowest BCUT2D eigenvalue weighted by molar-refractivity contribution is -0.141. The number of carboxylic acids is 1. The molecule has 127 heavy (non-hydrogen) atoms. The number of para-hydroxylation sites is 2. The highest BCUT2D eigenvalue weighted by Gasteiger charge is 2.44. The van der Waals surface area contributed by atoms with Crippen molar-refractivity contribution in [3.05, 3.63) is 191 Å². The van der Waals surface area contributed by atoms with Crippen LogP contribution < -0.4 is 75.3 Å². The maximum Gasteiger partial charge on any atom is 0.305 e. The molecule has 1 aliphatic rings. The number of hydrogen-bond donors (Lipinski definition) is 20. The quantitative estimate of drug-likeness (QED) is 0.0226. The van der Waals surface area contributed by atoms with Gasteiger partial charge in [0, 0.05) is 108 Å². The van der Waals surface area contributed by atoms with Crippen molar-refractivity contribution < 1.29 is 92.0 Å². The number of benzene rings is 5. The SMILES string of the molecule is CC(C)[C@@H]1NC(=O)[C@H](Cc2c[nH]c3ccccc23)NC(=O)[C@H](CC(=O)O)NC(=O)[C@H](C)N(C)C(=O)c2ccccc2CSC(C)(C)[C@H](C(=O)N[C@@H](Cc2ccc(O)cc2)C(=O)N[C@@H](Cc2c[nH]c3ccccc23)C(=O)N[C@@H](Cc2cnc[nH]2)C(=O)N[C@H](C(=O)N[C@@H](Cc2ccccc2)C(=O)NCC(=O)NCCOCC(=O)N[C@H](CCCCN)C(N)=O)[C@@H](C)O)NC1=O. The number of aromatic nitrogens is 4. The van der Waals surface area contributed by atoms with Crippen LogP contribution in [0.1, 0.15) is 111 Å². The summed E-state index contributed by atoms with van der Waals surface area (Å²) in [5.74, 6) is -15.2. The van der Waals surface area contributed by atoms with Crippen LogP contribution in [-0.4, -0.2) is 246 Å². The van der Waals surface area contributed by atoms with Crippen LogP contribution >= 0.6 is 11.8 Å². The second-order valence-corrected chi connectivity index (χ2v) is 33.5. The predicted octanol–water partition coefficient (Wildman–Crippen LogP) is 0.0001000. The summed E-state index contributed by atoms with van der Waals surface area (Å²) in [5.41, 5.74) is 14.9. The van der Waals surface area contributed by atoms with Crippen molar-refractivity contribution in [2.75, 3.05) is 39.9 Å². The van der Waals surface area contributed by atoms with Gasteiger partial charge in [0.1, 0.15) is 78.8 Å². The summed E-state index contributed by atoms with van der Waals surface area (Å²) < 4.78 is 3.87. The summed E-state index contributed by atoms with van der Waals surface area (Å²) in [5, 5.41) is 65.0. The van der Waals surface area contributed by atoms with Crippen molar-refractivity contribution in [2.45, 2.75) is 182 Å². The normalized spacial score (nSPS) is 18.1. The zero-order valence-corrected chi connectivity index (χ0v) is 72.2. The maximum atomic E-state index is 16.0. The predicted molar refractivity (Wildman–Crippen MR) is 469 cm³/mol. The number of aromatic amines is 3. The maximum absolute atomic E-state index is 16.0. The second kappa shape index (κ2) is 46.4. The minimum Gasteiger partial charge on any atom is -0.508 e. The lowest BCUT2D eigenvalue weighted by atomic mass is 9.97. The zero-order valence-electron chi connectivity index (χ0n) is 71.4. The Bertz CT molecular complexity index is 5200. The molecular weight excluding hydrogens is 1660 g/mol. The number of imidazole rings is 1. The van der Waals surface area contributed by atoms with E-state index in [1.807, 2.05) is 0 Å². The van der Waals surface area contributed by atoms with Crippen LogP contribution in [0.15, 0.2) is 152 Å². The fourth-order valence-electron chi connectivity index (χ4n) is 14.2. The number of nitrogens with two attached hydrogens (primary N) is 2. The Hall–Kier alpha value is -13.5. The molecule has 0 bridgehead atoms. The van der Waals surface area contributed by atoms with E-state index in [2.05, 4.69) is 83.7 Å². The minimum absolute atomic E-state index is 0.0668. The van der Waals surface area contributed by atoms with Gasteiger partial charge in [0.05, 0.1) is 32.0 Å². The Kier molecular flexibility index (Phi) is 35.6. The Morgan fingerprint density at radius 1 is 0.606 bits per heavy atom. The van der Waals surface area contributed by atoms with Gasteiger partial charge < -0.3 is 115 Å². The average molecular weight is 1770 g/mol. The number of aliphatic carboxylic acids is 1. The molecule has 39 heteroatoms. The molecule has 22 N–H and O–H groups in total. The first-order chi connectivity index (χ1) is 60.6. The van der Waals surface area contributed by atoms with E-state index in [0.717, 1.165) is 16.7 Å². The third-order valence-electron chi connectivity index (χ3n) is 21.5. The molecule has 0 spiro atoms. The molecule has 9 rings (SSSR count). The van der Waals surface area contributed by atoms with Gasteiger partial charge in [-0.1, -0.05) is 111 Å². The van der Waals surface area contributed by atoms with Gasteiger partial charge >= 0.3 is 5.97 Å². The molecule has 0 fully saturated rings. The first-order valence-electron chi connectivity index (χ1n) is 41.5. The van der Waals surface area contributed by atoms with E-state index in [1.165, 1.54) is 63.8 Å². The summed E-state index contributed by atoms with van der Waals surface area (Å²) in [6.07, 6.45) is 3.18. The fourth-order valence-corrected chi connectivity index (χ4v) is 15.3. The first-order valence-corrected chi connectivity index (χ1v) is 42.5. The molecule has 0 saturated carbocycles. The summed E-state index contributed by atoms with van der Waals surface area (Å²) in [6.45, 7) is 8.05. The monoisotopic (exact) mass is 1770 g/mol. The molecule has 1 aliphatic heterocycles. The third-order valence-corrected chi connectivity index (χ3v) is 23.0. The second-order valence-electron chi connectivity index (χ2n) is 31.9. The number of amides is 14. The third kappa shape index (κ3) is 28.2. The number of H-pyrrole nitrogens is 3. The zero-order chi connectivity index (χ0) is 92.2. The van der Waals surface area contributed by atoms with Crippen molar-refractivity contribution >= 4 is 122 Å². The van der Waals surface area contributed by atoms with Gasteiger partial charge in [-0.2, -0.15) is 0 Å². The molecule has 0 unspecified atom stereocenters. The molecule has 5 aromatic carbocycles. The standard InChI is InChI=1S/C88H111N19O19S/c1-48(2)73-84(122)106-75(88(5,6)127-46-53-21-11-12-24-60(53)87(125)107(7)49(3)77(115)98-69(40-72(112)113)81(119)100-67(82(120)104-73)38-55-42-94-62-26-16-14-23-59(55)62)86(124)103-65(36-52-28-30-57(109)31-29-52)79(117)99-66(37-54-41-93-61-25-15-13-22-58(54)61)80(118)101-68(39-56-43-91-47-96-56)83(121)105-74(50(4)108)85(123)102-64(35-51-19-9-8-10-20-51)78(116)95-44-70(110)92-33-34-126-45-71(111)97-63(76(90)114)27-17-18-32-89/h8-16,19-26,28-31,41-43,47-50,63-69,73-75,93-94,108-109H,17-18,27,32-40,44-46,89H2,1-7H3,(H2,90,114)(H,91,96)(H,92,110)(H,95,116)(H,97,111)(H,98,115)(H,99,117)(H,100,119)(H,101,118)(H,102,123)(H,103,124)(H,104,120)(H,105,121)(H,106,122)(H,112,113)/t49-,50+,63+,64-,65-,66-,67-,68-,69-,73-,74-,75-/m0/s1. The number of unbranched alkanes of at least 4 members (excludes halogenated alkanes) is 1. The molecule has 38 nitrogen and oxygen atoms in total. The highest BCUT2D eigenvalue weighted by molar-refractivity contribution is 7.99. The van der Waals surface area contributed by atoms with Crippen molar-refractivity contribution in [3.8, 4) is 5.75 Å². The van der Waals surface area contributed by atoms with Crippen LogP contribution in [0.4, 0.5) is 0 Å². The van der Waals surface area contributed by atoms with Crippen molar-refractivity contribution in [1.82, 2.24) is 88.6 Å². The Labute approximate surface area is 736 Å². The highest BCUT2D eigenvalue weighted by atomic mass is 32.2. The molecule has 0 saturated heterocycles. The number of phenolic OH excluding ortho intramolecular Hbond substituents is 1. The smallest absolute Gasteiger partial charge is 0.305 e. The Morgan fingerprint density at radius 3 is 1.81 bits per heavy atom. The number of ether oxygens (including phenoxy) is 1. The largest absolute Gasteiger partial charge is 0.508 e. The molecule has 12 atom stereocenters. The number of aromatic hydroxyl groups is 1. The van der Waals surface area contributed by atoms with Gasteiger partial charge in [-0.3, -0.25) is 71.9 Å². The number of thioether (sulfide) groups is 1. The number of rotatable bonds is 38. The number of likely N-dealkylation sites (N-methyl/N-ethyl adjacent to an activating group) is 1. The number of nitrogens with zero attached hydrogens (tertiary/aromatic N) is 2. The van der Waals surface area contributed by atoms with E-state index in [0.29, 0.717) is 69.0 Å². The number of carboxylic acid groups (broad SMARTS) is 1. The summed E-state index contributed by atoms with van der Waals surface area (Å²) >= 11 is 1.09. The van der Waals surface area contributed by atoms with Gasteiger partial charge in [0.2, 0.25) is 76.8 Å². The number of carbonyl (C=O) groups excluding carboxylic acids is 14. The number of aliphatic hydroxyl groups excluding tert-OH is 1. The van der Waals surface area contributed by atoms with Crippen molar-refractivity contribution in [3.63, 3.8) is 0 Å². The molecule has 0 radical (unpaired) electrons. The fraction of sp³-hybridized carbons (Fsp3) is 0.409. The van der Waals surface area contributed by atoms with Gasteiger partial charge in [0.25, 0.3) is 5.91 Å². The van der Waals surface area contributed by atoms with Crippen LogP contribution in [0.5, 0.6) is 5.75 Å². The molecule has 14 amide bonds. The lowest BCUT2D eigenvalue weighted by Crippen LogP contribution is -2.64. The van der Waals surface area contributed by atoms with E-state index in [-0.39, 0.29) is 74.4 Å². The van der Waals surface area contributed by atoms with Gasteiger partial charge in [-0.25, -0.2) is 4.98 Å². The number of hydrogen-bond acceptors (Lipinski definition) is 21. The molecule has 678 valence electrons. The van der Waals surface area contributed by atoms with Crippen LogP contribution in [0.25, 0.3) is 21.8 Å². The molecule has 3 aromatic heterocycles. The number of nitrogens with one attached hydrogen (secondary N) is 15. The summed E-state index contributed by atoms with van der Waals surface area (Å²) in [4.78, 5) is 229. The molecule has 4 heterocycles. The topological polar surface area (TPSA) is 586 Å². The van der Waals surface area contributed by atoms with E-state index in [9.17, 15) is 58.5 Å². The van der Waals surface area contributed by atoms with Crippen LogP contribution in [-0.2, 0) is 110 Å². The molecule has 0 aliphatic carbocycles. The van der Waals surface area contributed by atoms with Crippen LogP contribution in [0.3, 0.4) is 0 Å². The average Bonchev–Trinajstić information content (AvgIpc) is 1.14.